The second-order valence-corrected chi connectivity index (χ2v) is 9.89. The molecule has 9 heteroatoms. The molecule has 2 aromatic carbocycles. The third-order valence-electron chi connectivity index (χ3n) is 5.81. The second-order valence-electron chi connectivity index (χ2n) is 8.94. The molecular weight excluding hydrogens is 482 g/mol. The Morgan fingerprint density at radius 3 is 2.70 bits per heavy atom. The molecule has 0 spiro atoms. The predicted octanol–water partition coefficient (Wildman–Crippen LogP) is 6.61. The molecule has 1 amide bonds. The standard InChI is InChI=1S/C28H27N7OS/c1-16(2)25-26(32-17(3)31-25)22-11-12-30-28(35-22)33-20-7-4-6-19(14-20)27(36)34-23-15-18(9-10-21(23)29)24-8-5-13-37-24/h4-16H,29H2,1-3H3,(H,31,32)(H,34,36)(H,30,33,35). The number of thiophene rings is 1. The fourth-order valence-corrected chi connectivity index (χ4v) is 4.72. The van der Waals surface area contributed by atoms with Crippen LogP contribution < -0.4 is 16.4 Å². The zero-order chi connectivity index (χ0) is 25.9. The first-order valence-electron chi connectivity index (χ1n) is 11.9. The highest BCUT2D eigenvalue weighted by molar-refractivity contribution is 7.13. The Kier molecular flexibility index (Phi) is 6.70. The number of anilines is 4. The van der Waals surface area contributed by atoms with Crippen LogP contribution in [-0.2, 0) is 0 Å². The zero-order valence-corrected chi connectivity index (χ0v) is 21.6. The average molecular weight is 510 g/mol. The van der Waals surface area contributed by atoms with E-state index >= 15 is 0 Å². The Bertz CT molecular complexity index is 1560. The van der Waals surface area contributed by atoms with E-state index in [1.54, 1.807) is 41.8 Å². The molecule has 0 fully saturated rings. The number of aromatic nitrogens is 4. The topological polar surface area (TPSA) is 122 Å². The summed E-state index contributed by atoms with van der Waals surface area (Å²) < 4.78 is 0. The first-order chi connectivity index (χ1) is 17.9. The maximum atomic E-state index is 13.1. The monoisotopic (exact) mass is 509 g/mol. The molecule has 5 aromatic rings. The number of nitrogens with two attached hydrogens (primary N) is 1. The molecule has 0 saturated heterocycles. The number of nitrogen functional groups attached to an aromatic ring is 1. The number of hydrogen-bond acceptors (Lipinski definition) is 7. The predicted molar refractivity (Wildman–Crippen MR) is 150 cm³/mol. The van der Waals surface area contributed by atoms with E-state index in [2.05, 4.69) is 44.4 Å². The second kappa shape index (κ2) is 10.2. The van der Waals surface area contributed by atoms with Gasteiger partial charge in [-0.1, -0.05) is 32.0 Å². The summed E-state index contributed by atoms with van der Waals surface area (Å²) in [5.41, 5.74) is 12.0. The van der Waals surface area contributed by atoms with Gasteiger partial charge in [-0.15, -0.1) is 11.3 Å². The van der Waals surface area contributed by atoms with E-state index in [0.717, 1.165) is 33.3 Å². The first kappa shape index (κ1) is 24.2. The third kappa shape index (κ3) is 5.36. The Labute approximate surface area is 219 Å². The first-order valence-corrected chi connectivity index (χ1v) is 12.8. The summed E-state index contributed by atoms with van der Waals surface area (Å²) in [7, 11) is 0. The molecule has 0 bridgehead atoms. The maximum Gasteiger partial charge on any atom is 0.255 e. The van der Waals surface area contributed by atoms with Crippen LogP contribution in [0.3, 0.4) is 0 Å². The van der Waals surface area contributed by atoms with Crippen molar-refractivity contribution in [3.8, 4) is 21.8 Å². The molecule has 5 rings (SSSR count). The van der Waals surface area contributed by atoms with Gasteiger partial charge in [-0.25, -0.2) is 15.0 Å². The van der Waals surface area contributed by atoms with E-state index in [1.165, 1.54) is 0 Å². The molecule has 0 aliphatic carbocycles. The number of carbonyl (C=O) groups is 1. The van der Waals surface area contributed by atoms with Gasteiger partial charge in [0.2, 0.25) is 5.95 Å². The van der Waals surface area contributed by atoms with Crippen LogP contribution in [0.25, 0.3) is 21.8 Å². The number of rotatable bonds is 7. The molecular formula is C28H27N7OS. The number of aromatic amines is 1. The normalized spacial score (nSPS) is 11.0. The Morgan fingerprint density at radius 1 is 1.05 bits per heavy atom. The van der Waals surface area contributed by atoms with Crippen LogP contribution in [-0.4, -0.2) is 25.8 Å². The lowest BCUT2D eigenvalue weighted by Crippen LogP contribution is -2.13. The third-order valence-corrected chi connectivity index (χ3v) is 6.73. The van der Waals surface area contributed by atoms with Gasteiger partial charge < -0.3 is 21.4 Å². The number of H-pyrrole nitrogens is 1. The smallest absolute Gasteiger partial charge is 0.255 e. The van der Waals surface area contributed by atoms with Gasteiger partial charge >= 0.3 is 0 Å². The largest absolute Gasteiger partial charge is 0.397 e. The van der Waals surface area contributed by atoms with Crippen molar-refractivity contribution in [3.05, 3.63) is 89.3 Å². The molecule has 5 N–H and O–H groups in total. The van der Waals surface area contributed by atoms with E-state index in [1.807, 2.05) is 48.7 Å². The molecule has 0 aliphatic heterocycles. The van der Waals surface area contributed by atoms with Gasteiger partial charge in [-0.2, -0.15) is 0 Å². The highest BCUT2D eigenvalue weighted by atomic mass is 32.1. The van der Waals surface area contributed by atoms with Gasteiger partial charge in [0.1, 0.15) is 11.5 Å². The van der Waals surface area contributed by atoms with Gasteiger partial charge in [0.25, 0.3) is 5.91 Å². The van der Waals surface area contributed by atoms with Crippen molar-refractivity contribution in [1.82, 2.24) is 19.9 Å². The molecule has 0 unspecified atom stereocenters. The average Bonchev–Trinajstić information content (AvgIpc) is 3.56. The van der Waals surface area contributed by atoms with Crippen molar-refractivity contribution in [1.29, 1.82) is 0 Å². The highest BCUT2D eigenvalue weighted by Crippen LogP contribution is 2.31. The SMILES string of the molecule is Cc1nc(-c2ccnc(Nc3cccc(C(=O)Nc4cc(-c5cccs5)ccc4N)c3)n2)c(C(C)C)[nH]1. The summed E-state index contributed by atoms with van der Waals surface area (Å²) in [6.07, 6.45) is 1.69. The minimum atomic E-state index is -0.262. The van der Waals surface area contributed by atoms with Gasteiger partial charge in [0, 0.05) is 28.0 Å². The van der Waals surface area contributed by atoms with E-state index < -0.39 is 0 Å². The van der Waals surface area contributed by atoms with Gasteiger partial charge in [0.15, 0.2) is 0 Å². The molecule has 0 atom stereocenters. The quantitative estimate of drug-likeness (QED) is 0.183. The van der Waals surface area contributed by atoms with Crippen LogP contribution in [0, 0.1) is 6.92 Å². The van der Waals surface area contributed by atoms with Crippen molar-refractivity contribution in [2.45, 2.75) is 26.7 Å². The lowest BCUT2D eigenvalue weighted by atomic mass is 10.1. The fourth-order valence-electron chi connectivity index (χ4n) is 4.00. The molecule has 0 saturated carbocycles. The molecule has 186 valence electrons. The number of imidazole rings is 1. The van der Waals surface area contributed by atoms with Gasteiger partial charge in [-0.3, -0.25) is 4.79 Å². The van der Waals surface area contributed by atoms with Crippen LogP contribution in [0.1, 0.15) is 41.6 Å². The van der Waals surface area contributed by atoms with Crippen molar-refractivity contribution >= 4 is 40.3 Å². The molecule has 3 aromatic heterocycles. The van der Waals surface area contributed by atoms with Crippen molar-refractivity contribution in [3.63, 3.8) is 0 Å². The fraction of sp³-hybridized carbons (Fsp3) is 0.143. The minimum absolute atomic E-state index is 0.262. The number of amides is 1. The highest BCUT2D eigenvalue weighted by Gasteiger charge is 2.16. The number of carbonyl (C=O) groups excluding carboxylic acids is 1. The zero-order valence-electron chi connectivity index (χ0n) is 20.7. The maximum absolute atomic E-state index is 13.1. The summed E-state index contributed by atoms with van der Waals surface area (Å²) in [6.45, 7) is 6.15. The van der Waals surface area contributed by atoms with Crippen molar-refractivity contribution < 1.29 is 4.79 Å². The van der Waals surface area contributed by atoms with E-state index in [-0.39, 0.29) is 11.8 Å². The molecule has 37 heavy (non-hydrogen) atoms. The number of nitrogens with one attached hydrogen (secondary N) is 3. The summed E-state index contributed by atoms with van der Waals surface area (Å²) in [4.78, 5) is 31.1. The summed E-state index contributed by atoms with van der Waals surface area (Å²) in [6, 6.07) is 18.7. The lowest BCUT2D eigenvalue weighted by molar-refractivity contribution is 0.102. The minimum Gasteiger partial charge on any atom is -0.397 e. The molecule has 0 radical (unpaired) electrons. The van der Waals surface area contributed by atoms with Crippen LogP contribution in [0.2, 0.25) is 0 Å². The van der Waals surface area contributed by atoms with E-state index in [0.29, 0.717) is 28.6 Å². The number of nitrogens with zero attached hydrogens (tertiary/aromatic N) is 3. The Balaban J connectivity index is 1.35. The summed E-state index contributed by atoms with van der Waals surface area (Å²) in [5, 5.41) is 8.16. The van der Waals surface area contributed by atoms with Crippen LogP contribution in [0.15, 0.2) is 72.2 Å². The number of aryl methyl sites for hydroxylation is 1. The van der Waals surface area contributed by atoms with Crippen LogP contribution >= 0.6 is 11.3 Å². The van der Waals surface area contributed by atoms with E-state index in [4.69, 9.17) is 5.73 Å². The van der Waals surface area contributed by atoms with E-state index in [9.17, 15) is 4.79 Å². The number of benzene rings is 2. The lowest BCUT2D eigenvalue weighted by Gasteiger charge is -2.11. The Morgan fingerprint density at radius 2 is 1.92 bits per heavy atom. The summed E-state index contributed by atoms with van der Waals surface area (Å²) >= 11 is 1.63. The Hall–Kier alpha value is -4.50. The van der Waals surface area contributed by atoms with Crippen LogP contribution in [0.4, 0.5) is 23.0 Å². The van der Waals surface area contributed by atoms with Crippen molar-refractivity contribution in [2.24, 2.45) is 0 Å². The molecule has 8 nitrogen and oxygen atoms in total. The number of hydrogen-bond donors (Lipinski definition) is 4. The van der Waals surface area contributed by atoms with Gasteiger partial charge in [0.05, 0.1) is 17.1 Å². The molecule has 3 heterocycles. The molecule has 0 aliphatic rings. The van der Waals surface area contributed by atoms with Crippen LogP contribution in [0.5, 0.6) is 0 Å². The summed E-state index contributed by atoms with van der Waals surface area (Å²) in [5.74, 6) is 1.27. The van der Waals surface area contributed by atoms with Gasteiger partial charge in [-0.05, 0) is 66.2 Å². The van der Waals surface area contributed by atoms with Crippen molar-refractivity contribution in [2.75, 3.05) is 16.4 Å².